The normalized spacial score (nSPS) is 22.9. The molecule has 1 N–H and O–H groups in total. The van der Waals surface area contributed by atoms with Crippen molar-refractivity contribution in [1.29, 1.82) is 0 Å². The highest BCUT2D eigenvalue weighted by atomic mass is 16.4. The van der Waals surface area contributed by atoms with Crippen molar-refractivity contribution in [3.05, 3.63) is 35.9 Å². The molecule has 0 bridgehead atoms. The van der Waals surface area contributed by atoms with Crippen LogP contribution >= 0.6 is 0 Å². The van der Waals surface area contributed by atoms with Gasteiger partial charge in [-0.15, -0.1) is 0 Å². The molecule has 1 heterocycles. The maximum atomic E-state index is 13.1. The molecule has 1 aromatic carbocycles. The molecule has 0 saturated carbocycles. The van der Waals surface area contributed by atoms with Gasteiger partial charge in [-0.2, -0.15) is 0 Å². The number of carbonyl (C=O) groups excluding carboxylic acids is 1. The minimum atomic E-state index is -0.811. The Bertz CT molecular complexity index is 546. The van der Waals surface area contributed by atoms with Gasteiger partial charge in [-0.05, 0) is 31.5 Å². The summed E-state index contributed by atoms with van der Waals surface area (Å²) in [5, 5.41) is 9.32. The summed E-state index contributed by atoms with van der Waals surface area (Å²) in [6.45, 7) is 5.71. The molecule has 3 unspecified atom stereocenters. The topological polar surface area (TPSA) is 60.9 Å². The Hall–Kier alpha value is -1.88. The smallest absolute Gasteiger partial charge is 0.308 e. The molecule has 1 aliphatic heterocycles. The van der Waals surface area contributed by atoms with Gasteiger partial charge in [-0.25, -0.2) is 0 Å². The van der Waals surface area contributed by atoms with E-state index in [1.165, 1.54) is 0 Å². The highest BCUT2D eigenvalue weighted by Crippen LogP contribution is 2.27. The van der Waals surface area contributed by atoms with Gasteiger partial charge in [0.15, 0.2) is 0 Å². The zero-order valence-electron chi connectivity index (χ0n) is 14.1. The second kappa shape index (κ2) is 7.59. The number of hydrogen-bond donors (Lipinski definition) is 1. The molecule has 5 nitrogen and oxygen atoms in total. The third-order valence-corrected chi connectivity index (χ3v) is 4.61. The fourth-order valence-electron chi connectivity index (χ4n) is 3.29. The summed E-state index contributed by atoms with van der Waals surface area (Å²) in [6.07, 6.45) is 0.638. The maximum Gasteiger partial charge on any atom is 0.308 e. The Morgan fingerprint density at radius 1 is 1.30 bits per heavy atom. The van der Waals surface area contributed by atoms with Crippen molar-refractivity contribution in [3.63, 3.8) is 0 Å². The number of carboxylic acid groups (broad SMARTS) is 1. The summed E-state index contributed by atoms with van der Waals surface area (Å²) < 4.78 is 0. The molecule has 1 amide bonds. The summed E-state index contributed by atoms with van der Waals surface area (Å²) in [6, 6.07) is 9.34. The lowest BCUT2D eigenvalue weighted by Crippen LogP contribution is -2.49. The van der Waals surface area contributed by atoms with Crippen LogP contribution < -0.4 is 0 Å². The van der Waals surface area contributed by atoms with Crippen molar-refractivity contribution in [1.82, 2.24) is 9.80 Å². The monoisotopic (exact) mass is 318 g/mol. The number of likely N-dealkylation sites (tertiary alicyclic amines) is 1. The van der Waals surface area contributed by atoms with E-state index in [-0.39, 0.29) is 17.9 Å². The Balaban J connectivity index is 2.24. The van der Waals surface area contributed by atoms with Crippen LogP contribution in [0.3, 0.4) is 0 Å². The molecule has 5 heteroatoms. The first-order chi connectivity index (χ1) is 10.9. The molecule has 1 saturated heterocycles. The molecule has 2 rings (SSSR count). The molecule has 1 aliphatic rings. The van der Waals surface area contributed by atoms with Crippen molar-refractivity contribution in [2.24, 2.45) is 11.8 Å². The van der Waals surface area contributed by atoms with Gasteiger partial charge in [0.2, 0.25) is 5.91 Å². The Labute approximate surface area is 137 Å². The zero-order chi connectivity index (χ0) is 17.0. The van der Waals surface area contributed by atoms with Gasteiger partial charge in [-0.1, -0.05) is 44.2 Å². The minimum Gasteiger partial charge on any atom is -0.481 e. The quantitative estimate of drug-likeness (QED) is 0.904. The van der Waals surface area contributed by atoms with Gasteiger partial charge in [0.25, 0.3) is 0 Å². The van der Waals surface area contributed by atoms with Crippen LogP contribution in [0.5, 0.6) is 0 Å². The van der Waals surface area contributed by atoms with Crippen molar-refractivity contribution in [2.45, 2.75) is 26.3 Å². The number of piperidine rings is 1. The summed E-state index contributed by atoms with van der Waals surface area (Å²) in [7, 11) is 1.93. The van der Waals surface area contributed by atoms with Gasteiger partial charge in [0.05, 0.1) is 5.92 Å². The Morgan fingerprint density at radius 2 is 1.96 bits per heavy atom. The second-order valence-corrected chi connectivity index (χ2v) is 6.51. The summed E-state index contributed by atoms with van der Waals surface area (Å²) in [5.41, 5.74) is 0.951. The second-order valence-electron chi connectivity index (χ2n) is 6.51. The predicted molar refractivity (Wildman–Crippen MR) is 89.0 cm³/mol. The minimum absolute atomic E-state index is 0.00153. The molecular formula is C18H26N2O3. The first-order valence-electron chi connectivity index (χ1n) is 8.20. The number of amides is 1. The number of nitrogens with zero attached hydrogens (tertiary/aromatic N) is 2. The number of hydrogen-bond acceptors (Lipinski definition) is 3. The van der Waals surface area contributed by atoms with Crippen LogP contribution in [0, 0.1) is 11.8 Å². The van der Waals surface area contributed by atoms with E-state index in [1.807, 2.05) is 56.1 Å². The first kappa shape index (κ1) is 17.5. The average Bonchev–Trinajstić information content (AvgIpc) is 2.55. The van der Waals surface area contributed by atoms with E-state index < -0.39 is 11.9 Å². The van der Waals surface area contributed by atoms with Gasteiger partial charge in [0.1, 0.15) is 6.04 Å². The number of benzene rings is 1. The van der Waals surface area contributed by atoms with Crippen LogP contribution in [0.2, 0.25) is 0 Å². The van der Waals surface area contributed by atoms with Crippen molar-refractivity contribution >= 4 is 11.9 Å². The van der Waals surface area contributed by atoms with E-state index in [2.05, 4.69) is 0 Å². The number of likely N-dealkylation sites (N-methyl/N-ethyl adjacent to an activating group) is 1. The van der Waals surface area contributed by atoms with Crippen molar-refractivity contribution in [3.8, 4) is 0 Å². The molecule has 0 aliphatic carbocycles. The SMILES string of the molecule is CCN(C)C(C(=O)N1CC(C)CC(C(=O)O)C1)c1ccccc1. The number of carbonyl (C=O) groups is 2. The van der Waals surface area contributed by atoms with Crippen LogP contribution in [0.1, 0.15) is 31.9 Å². The van der Waals surface area contributed by atoms with E-state index in [9.17, 15) is 14.7 Å². The number of rotatable bonds is 5. The lowest BCUT2D eigenvalue weighted by atomic mass is 9.89. The van der Waals surface area contributed by atoms with E-state index in [0.717, 1.165) is 12.1 Å². The van der Waals surface area contributed by atoms with Crippen LogP contribution in [-0.4, -0.2) is 53.5 Å². The fourth-order valence-corrected chi connectivity index (χ4v) is 3.29. The van der Waals surface area contributed by atoms with E-state index in [1.54, 1.807) is 4.90 Å². The molecule has 126 valence electrons. The molecule has 23 heavy (non-hydrogen) atoms. The Kier molecular flexibility index (Phi) is 5.77. The van der Waals surface area contributed by atoms with Gasteiger partial charge in [-0.3, -0.25) is 14.5 Å². The molecule has 0 aromatic heterocycles. The summed E-state index contributed by atoms with van der Waals surface area (Å²) >= 11 is 0. The molecule has 0 radical (unpaired) electrons. The zero-order valence-corrected chi connectivity index (χ0v) is 14.1. The third kappa shape index (κ3) is 4.10. The average molecular weight is 318 g/mol. The van der Waals surface area contributed by atoms with Crippen LogP contribution in [0.15, 0.2) is 30.3 Å². The van der Waals surface area contributed by atoms with E-state index in [4.69, 9.17) is 0 Å². The fraction of sp³-hybridized carbons (Fsp3) is 0.556. The van der Waals surface area contributed by atoms with Gasteiger partial charge in [0, 0.05) is 13.1 Å². The van der Waals surface area contributed by atoms with Crippen molar-refractivity contribution in [2.75, 3.05) is 26.7 Å². The number of carboxylic acids is 1. The number of aliphatic carboxylic acids is 1. The largest absolute Gasteiger partial charge is 0.481 e. The Morgan fingerprint density at radius 3 is 2.52 bits per heavy atom. The highest BCUT2D eigenvalue weighted by molar-refractivity contribution is 5.84. The standard InChI is InChI=1S/C18H26N2O3/c1-4-19(3)16(14-8-6-5-7-9-14)17(21)20-11-13(2)10-15(12-20)18(22)23/h5-9,13,15-16H,4,10-12H2,1-3H3,(H,22,23). The molecular weight excluding hydrogens is 292 g/mol. The molecule has 3 atom stereocenters. The predicted octanol–water partition coefficient (Wildman–Crippen LogP) is 2.25. The highest BCUT2D eigenvalue weighted by Gasteiger charge is 2.36. The van der Waals surface area contributed by atoms with Crippen LogP contribution in [0.4, 0.5) is 0 Å². The maximum absolute atomic E-state index is 13.1. The van der Waals surface area contributed by atoms with E-state index >= 15 is 0 Å². The summed E-state index contributed by atoms with van der Waals surface area (Å²) in [4.78, 5) is 28.2. The first-order valence-corrected chi connectivity index (χ1v) is 8.20. The lowest BCUT2D eigenvalue weighted by Gasteiger charge is -2.38. The van der Waals surface area contributed by atoms with E-state index in [0.29, 0.717) is 19.5 Å². The molecule has 1 aromatic rings. The van der Waals surface area contributed by atoms with Gasteiger partial charge < -0.3 is 10.0 Å². The van der Waals surface area contributed by atoms with Crippen molar-refractivity contribution < 1.29 is 14.7 Å². The van der Waals surface area contributed by atoms with Crippen LogP contribution in [0.25, 0.3) is 0 Å². The summed E-state index contributed by atoms with van der Waals surface area (Å²) in [5.74, 6) is -1.07. The molecule has 0 spiro atoms. The third-order valence-electron chi connectivity index (χ3n) is 4.61. The van der Waals surface area contributed by atoms with Gasteiger partial charge >= 0.3 is 5.97 Å². The van der Waals surface area contributed by atoms with Crippen LogP contribution in [-0.2, 0) is 9.59 Å². The molecule has 1 fully saturated rings. The lowest BCUT2D eigenvalue weighted by molar-refractivity contribution is -0.148.